The lowest BCUT2D eigenvalue weighted by molar-refractivity contribution is 0.356. The summed E-state index contributed by atoms with van der Waals surface area (Å²) in [6.07, 6.45) is 0.318. The Morgan fingerprint density at radius 2 is 1.92 bits per heavy atom. The van der Waals surface area contributed by atoms with E-state index in [4.69, 9.17) is 21.1 Å². The molecular formula is C18H15ClN2O4. The largest absolute Gasteiger partial charge is 0.493 e. The van der Waals surface area contributed by atoms with Gasteiger partial charge in [-0.2, -0.15) is 4.98 Å². The first-order chi connectivity index (χ1) is 12.1. The van der Waals surface area contributed by atoms with Crippen LogP contribution in [0.2, 0.25) is 5.02 Å². The lowest BCUT2D eigenvalue weighted by Gasteiger charge is -2.10. The summed E-state index contributed by atoms with van der Waals surface area (Å²) in [5.74, 6) is 0.252. The van der Waals surface area contributed by atoms with Gasteiger partial charge in [0.1, 0.15) is 5.82 Å². The number of nitrogens with one attached hydrogen (secondary N) is 1. The molecule has 0 amide bonds. The SMILES string of the molecule is COc1ccccc1Oc1c(O)nc(Cc2cccc(Cl)c2)[nH]c1=O. The molecule has 1 heterocycles. The maximum atomic E-state index is 12.3. The third kappa shape index (κ3) is 3.92. The number of methoxy groups -OCH3 is 1. The van der Waals surface area contributed by atoms with Crippen molar-refractivity contribution in [2.24, 2.45) is 0 Å². The molecule has 0 aliphatic rings. The van der Waals surface area contributed by atoms with E-state index in [2.05, 4.69) is 9.97 Å². The van der Waals surface area contributed by atoms with Gasteiger partial charge >= 0.3 is 0 Å². The van der Waals surface area contributed by atoms with E-state index >= 15 is 0 Å². The van der Waals surface area contributed by atoms with Gasteiger partial charge in [0, 0.05) is 11.4 Å². The highest BCUT2D eigenvalue weighted by Gasteiger charge is 2.15. The summed E-state index contributed by atoms with van der Waals surface area (Å²) >= 11 is 5.94. The minimum Gasteiger partial charge on any atom is -0.493 e. The van der Waals surface area contributed by atoms with E-state index in [0.29, 0.717) is 28.8 Å². The predicted octanol–water partition coefficient (Wildman–Crippen LogP) is 3.52. The second-order valence-electron chi connectivity index (χ2n) is 5.22. The normalized spacial score (nSPS) is 10.5. The van der Waals surface area contributed by atoms with E-state index in [0.717, 1.165) is 5.56 Å². The maximum absolute atomic E-state index is 12.3. The number of para-hydroxylation sites is 2. The van der Waals surface area contributed by atoms with Crippen LogP contribution in [0.3, 0.4) is 0 Å². The van der Waals surface area contributed by atoms with Gasteiger partial charge in [-0.25, -0.2) is 0 Å². The minimum absolute atomic E-state index is 0.292. The van der Waals surface area contributed by atoms with Crippen LogP contribution in [-0.2, 0) is 6.42 Å². The molecule has 0 radical (unpaired) electrons. The standard InChI is InChI=1S/C18H15ClN2O4/c1-24-13-7-2-3-8-14(13)25-16-17(22)20-15(21-18(16)23)10-11-5-4-6-12(19)9-11/h2-9H,10H2,1H3,(H2,20,21,22,23). The Hall–Kier alpha value is -2.99. The summed E-state index contributed by atoms with van der Waals surface area (Å²) in [4.78, 5) is 18.9. The van der Waals surface area contributed by atoms with Gasteiger partial charge in [-0.05, 0) is 29.8 Å². The maximum Gasteiger partial charge on any atom is 0.298 e. The number of rotatable bonds is 5. The molecule has 0 bridgehead atoms. The summed E-state index contributed by atoms with van der Waals surface area (Å²) < 4.78 is 10.6. The summed E-state index contributed by atoms with van der Waals surface area (Å²) in [5.41, 5.74) is 0.267. The number of ether oxygens (including phenoxy) is 2. The number of benzene rings is 2. The molecule has 0 fully saturated rings. The molecule has 0 atom stereocenters. The van der Waals surface area contributed by atoms with Crippen LogP contribution in [0.5, 0.6) is 23.1 Å². The molecule has 25 heavy (non-hydrogen) atoms. The fourth-order valence-electron chi connectivity index (χ4n) is 2.32. The molecule has 2 aromatic carbocycles. The Balaban J connectivity index is 1.89. The molecule has 128 valence electrons. The summed E-state index contributed by atoms with van der Waals surface area (Å²) in [6, 6.07) is 14.0. The zero-order valence-corrected chi connectivity index (χ0v) is 14.1. The lowest BCUT2D eigenvalue weighted by Crippen LogP contribution is -2.14. The van der Waals surface area contributed by atoms with Crippen LogP contribution in [0.4, 0.5) is 0 Å². The van der Waals surface area contributed by atoms with Crippen molar-refractivity contribution in [2.45, 2.75) is 6.42 Å². The van der Waals surface area contributed by atoms with Gasteiger partial charge in [0.15, 0.2) is 11.5 Å². The number of aromatic nitrogens is 2. The molecule has 3 aromatic rings. The summed E-state index contributed by atoms with van der Waals surface area (Å²) in [7, 11) is 1.48. The van der Waals surface area contributed by atoms with Gasteiger partial charge in [0.25, 0.3) is 17.2 Å². The Bertz CT molecular complexity index is 956. The van der Waals surface area contributed by atoms with E-state index in [1.54, 1.807) is 42.5 Å². The van der Waals surface area contributed by atoms with E-state index in [1.807, 2.05) is 6.07 Å². The van der Waals surface area contributed by atoms with Crippen molar-refractivity contribution in [2.75, 3.05) is 7.11 Å². The second kappa shape index (κ2) is 7.27. The Labute approximate surface area is 148 Å². The molecule has 1 aromatic heterocycles. The average molecular weight is 359 g/mol. The first kappa shape index (κ1) is 16.9. The third-order valence-electron chi connectivity index (χ3n) is 3.45. The van der Waals surface area contributed by atoms with Crippen molar-refractivity contribution < 1.29 is 14.6 Å². The molecule has 7 heteroatoms. The Kier molecular flexibility index (Phi) is 4.90. The van der Waals surface area contributed by atoms with Crippen LogP contribution >= 0.6 is 11.6 Å². The smallest absolute Gasteiger partial charge is 0.298 e. The third-order valence-corrected chi connectivity index (χ3v) is 3.68. The van der Waals surface area contributed by atoms with Crippen LogP contribution < -0.4 is 15.0 Å². The molecular weight excluding hydrogens is 344 g/mol. The van der Waals surface area contributed by atoms with Crippen LogP contribution in [0.25, 0.3) is 0 Å². The monoisotopic (exact) mass is 358 g/mol. The van der Waals surface area contributed by atoms with Gasteiger partial charge in [-0.15, -0.1) is 0 Å². The molecule has 0 unspecified atom stereocenters. The summed E-state index contributed by atoms with van der Waals surface area (Å²) in [6.45, 7) is 0. The zero-order chi connectivity index (χ0) is 17.8. The lowest BCUT2D eigenvalue weighted by atomic mass is 10.1. The number of halogens is 1. The number of nitrogens with zero attached hydrogens (tertiary/aromatic N) is 1. The first-order valence-electron chi connectivity index (χ1n) is 7.44. The van der Waals surface area contributed by atoms with Crippen molar-refractivity contribution in [3.05, 3.63) is 75.3 Å². The molecule has 0 spiro atoms. The van der Waals surface area contributed by atoms with Crippen LogP contribution in [0, 0.1) is 0 Å². The number of aromatic amines is 1. The number of hydrogen-bond donors (Lipinski definition) is 2. The second-order valence-corrected chi connectivity index (χ2v) is 5.66. The number of aromatic hydroxyl groups is 1. The van der Waals surface area contributed by atoms with Crippen molar-refractivity contribution in [1.29, 1.82) is 0 Å². The predicted molar refractivity (Wildman–Crippen MR) is 93.8 cm³/mol. The number of hydrogen-bond acceptors (Lipinski definition) is 5. The quantitative estimate of drug-likeness (QED) is 0.729. The summed E-state index contributed by atoms with van der Waals surface area (Å²) in [5, 5.41) is 10.7. The van der Waals surface area contributed by atoms with Crippen LogP contribution in [-0.4, -0.2) is 22.2 Å². The van der Waals surface area contributed by atoms with Gasteiger partial charge in [-0.3, -0.25) is 4.79 Å². The molecule has 0 saturated carbocycles. The highest BCUT2D eigenvalue weighted by atomic mass is 35.5. The average Bonchev–Trinajstić information content (AvgIpc) is 2.58. The zero-order valence-electron chi connectivity index (χ0n) is 13.3. The van der Waals surface area contributed by atoms with Crippen molar-refractivity contribution in [3.63, 3.8) is 0 Å². The van der Waals surface area contributed by atoms with Crippen molar-refractivity contribution in [3.8, 4) is 23.1 Å². The topological polar surface area (TPSA) is 84.4 Å². The van der Waals surface area contributed by atoms with E-state index in [1.165, 1.54) is 7.11 Å². The van der Waals surface area contributed by atoms with Gasteiger partial charge < -0.3 is 19.6 Å². The Morgan fingerprint density at radius 1 is 1.16 bits per heavy atom. The van der Waals surface area contributed by atoms with Crippen LogP contribution in [0.1, 0.15) is 11.4 Å². The van der Waals surface area contributed by atoms with E-state index < -0.39 is 11.4 Å². The van der Waals surface area contributed by atoms with Gasteiger partial charge in [0.05, 0.1) is 7.11 Å². The highest BCUT2D eigenvalue weighted by Crippen LogP contribution is 2.32. The highest BCUT2D eigenvalue weighted by molar-refractivity contribution is 6.30. The van der Waals surface area contributed by atoms with Gasteiger partial charge in [0.2, 0.25) is 0 Å². The van der Waals surface area contributed by atoms with Crippen LogP contribution in [0.15, 0.2) is 53.3 Å². The van der Waals surface area contributed by atoms with Crippen molar-refractivity contribution in [1.82, 2.24) is 9.97 Å². The van der Waals surface area contributed by atoms with E-state index in [9.17, 15) is 9.90 Å². The van der Waals surface area contributed by atoms with Crippen molar-refractivity contribution >= 4 is 11.6 Å². The molecule has 2 N–H and O–H groups in total. The minimum atomic E-state index is -0.588. The molecule has 0 aliphatic heterocycles. The van der Waals surface area contributed by atoms with E-state index in [-0.39, 0.29) is 5.75 Å². The molecule has 0 aliphatic carbocycles. The first-order valence-corrected chi connectivity index (χ1v) is 7.82. The fraction of sp³-hybridized carbons (Fsp3) is 0.111. The Morgan fingerprint density at radius 3 is 2.60 bits per heavy atom. The number of H-pyrrole nitrogens is 1. The molecule has 3 rings (SSSR count). The fourth-order valence-corrected chi connectivity index (χ4v) is 2.54. The molecule has 0 saturated heterocycles. The van der Waals surface area contributed by atoms with Gasteiger partial charge in [-0.1, -0.05) is 35.9 Å². The molecule has 6 nitrogen and oxygen atoms in total.